The summed E-state index contributed by atoms with van der Waals surface area (Å²) in [6.45, 7) is 0.998. The van der Waals surface area contributed by atoms with E-state index in [0.717, 1.165) is 21.2 Å². The van der Waals surface area contributed by atoms with E-state index in [1.807, 2.05) is 48.5 Å². The number of benzene rings is 2. The molecule has 1 amide bonds. The van der Waals surface area contributed by atoms with Crippen LogP contribution >= 0.6 is 15.9 Å². The van der Waals surface area contributed by atoms with E-state index in [9.17, 15) is 4.79 Å². The Labute approximate surface area is 127 Å². The second-order valence-electron chi connectivity index (χ2n) is 4.56. The van der Waals surface area contributed by atoms with Crippen molar-refractivity contribution in [3.8, 4) is 0 Å². The topological polar surface area (TPSA) is 55.1 Å². The van der Waals surface area contributed by atoms with Crippen LogP contribution in [0, 0.1) is 0 Å². The Bertz CT molecular complexity index is 599. The van der Waals surface area contributed by atoms with Crippen molar-refractivity contribution in [3.63, 3.8) is 0 Å². The molecule has 0 fully saturated rings. The lowest BCUT2D eigenvalue weighted by Crippen LogP contribution is -2.25. The molecular weight excluding hydrogens is 316 g/mol. The second-order valence-corrected chi connectivity index (χ2v) is 5.47. The summed E-state index contributed by atoms with van der Waals surface area (Å²) >= 11 is 3.40. The van der Waals surface area contributed by atoms with Crippen LogP contribution < -0.4 is 11.1 Å². The molecule has 3 nitrogen and oxygen atoms in total. The van der Waals surface area contributed by atoms with Crippen LogP contribution in [0.1, 0.15) is 16.7 Å². The van der Waals surface area contributed by atoms with E-state index in [0.29, 0.717) is 19.5 Å². The summed E-state index contributed by atoms with van der Waals surface area (Å²) in [6, 6.07) is 15.6. The van der Waals surface area contributed by atoms with Crippen LogP contribution in [0.15, 0.2) is 53.0 Å². The van der Waals surface area contributed by atoms with Gasteiger partial charge in [0, 0.05) is 17.6 Å². The molecule has 104 valence electrons. The molecule has 4 heteroatoms. The number of halogens is 1. The molecule has 0 aliphatic carbocycles. The van der Waals surface area contributed by atoms with Crippen LogP contribution in [0.2, 0.25) is 0 Å². The van der Waals surface area contributed by atoms with Crippen LogP contribution in [0.4, 0.5) is 0 Å². The lowest BCUT2D eigenvalue weighted by Gasteiger charge is -2.09. The van der Waals surface area contributed by atoms with E-state index in [-0.39, 0.29) is 5.91 Å². The van der Waals surface area contributed by atoms with Crippen molar-refractivity contribution in [2.24, 2.45) is 5.73 Å². The van der Waals surface area contributed by atoms with Gasteiger partial charge in [0.2, 0.25) is 5.91 Å². The second kappa shape index (κ2) is 7.22. The monoisotopic (exact) mass is 332 g/mol. The largest absolute Gasteiger partial charge is 0.352 e. The van der Waals surface area contributed by atoms with Gasteiger partial charge in [-0.2, -0.15) is 0 Å². The number of carbonyl (C=O) groups excluding carboxylic acids is 1. The summed E-state index contributed by atoms with van der Waals surface area (Å²) in [7, 11) is 0. The Kier molecular flexibility index (Phi) is 5.32. The van der Waals surface area contributed by atoms with Crippen molar-refractivity contribution in [2.75, 3.05) is 0 Å². The number of hydrogen-bond acceptors (Lipinski definition) is 2. The van der Waals surface area contributed by atoms with Crippen LogP contribution in [-0.2, 0) is 24.3 Å². The van der Waals surface area contributed by atoms with E-state index in [1.165, 1.54) is 0 Å². The van der Waals surface area contributed by atoms with E-state index in [1.54, 1.807) is 0 Å². The number of nitrogens with two attached hydrogens (primary N) is 1. The molecule has 20 heavy (non-hydrogen) atoms. The molecule has 0 spiro atoms. The minimum absolute atomic E-state index is 0.00919. The first-order valence-corrected chi connectivity index (χ1v) is 7.26. The first-order valence-electron chi connectivity index (χ1n) is 6.47. The Morgan fingerprint density at radius 3 is 2.55 bits per heavy atom. The molecule has 0 radical (unpaired) electrons. The van der Waals surface area contributed by atoms with Crippen molar-refractivity contribution < 1.29 is 4.79 Å². The highest BCUT2D eigenvalue weighted by molar-refractivity contribution is 9.10. The minimum Gasteiger partial charge on any atom is -0.352 e. The van der Waals surface area contributed by atoms with Gasteiger partial charge < -0.3 is 11.1 Å². The van der Waals surface area contributed by atoms with Gasteiger partial charge in [0.1, 0.15) is 0 Å². The number of amides is 1. The minimum atomic E-state index is 0.00919. The van der Waals surface area contributed by atoms with Crippen LogP contribution in [-0.4, -0.2) is 5.91 Å². The molecular formula is C16H17BrN2O. The Morgan fingerprint density at radius 1 is 1.10 bits per heavy atom. The molecule has 2 aromatic rings. The van der Waals surface area contributed by atoms with Crippen LogP contribution in [0.5, 0.6) is 0 Å². The van der Waals surface area contributed by atoms with Gasteiger partial charge in [-0.15, -0.1) is 0 Å². The van der Waals surface area contributed by atoms with Gasteiger partial charge in [-0.05, 0) is 28.8 Å². The fourth-order valence-electron chi connectivity index (χ4n) is 2.02. The first kappa shape index (κ1) is 14.8. The highest BCUT2D eigenvalue weighted by Crippen LogP contribution is 2.12. The predicted molar refractivity (Wildman–Crippen MR) is 84.0 cm³/mol. The number of nitrogens with one attached hydrogen (secondary N) is 1. The Morgan fingerprint density at radius 2 is 1.85 bits per heavy atom. The van der Waals surface area contributed by atoms with Crippen molar-refractivity contribution in [1.82, 2.24) is 5.32 Å². The van der Waals surface area contributed by atoms with Crippen LogP contribution in [0.25, 0.3) is 0 Å². The number of rotatable bonds is 5. The average Bonchev–Trinajstić information content (AvgIpc) is 2.45. The molecule has 0 saturated carbocycles. The third kappa shape index (κ3) is 4.18. The summed E-state index contributed by atoms with van der Waals surface area (Å²) in [5.74, 6) is 0.00919. The van der Waals surface area contributed by atoms with Crippen molar-refractivity contribution >= 4 is 21.8 Å². The molecule has 2 rings (SSSR count). The molecule has 0 aliphatic rings. The molecule has 0 aromatic heterocycles. The maximum absolute atomic E-state index is 11.9. The summed E-state index contributed by atoms with van der Waals surface area (Å²) in [5, 5.41) is 2.93. The molecule has 0 bridgehead atoms. The highest BCUT2D eigenvalue weighted by atomic mass is 79.9. The summed E-state index contributed by atoms with van der Waals surface area (Å²) in [6.07, 6.45) is 0.379. The maximum Gasteiger partial charge on any atom is 0.224 e. The predicted octanol–water partition coefficient (Wildman–Crippen LogP) is 2.77. The Balaban J connectivity index is 1.92. The molecule has 0 aliphatic heterocycles. The number of hydrogen-bond donors (Lipinski definition) is 2. The van der Waals surface area contributed by atoms with E-state index in [4.69, 9.17) is 5.73 Å². The summed E-state index contributed by atoms with van der Waals surface area (Å²) in [4.78, 5) is 11.9. The van der Waals surface area contributed by atoms with Gasteiger partial charge in [0.25, 0.3) is 0 Å². The van der Waals surface area contributed by atoms with E-state index in [2.05, 4.69) is 21.2 Å². The van der Waals surface area contributed by atoms with E-state index < -0.39 is 0 Å². The number of carbonyl (C=O) groups is 1. The lowest BCUT2D eigenvalue weighted by atomic mass is 10.1. The molecule has 0 saturated heterocycles. The fraction of sp³-hybridized carbons (Fsp3) is 0.188. The van der Waals surface area contributed by atoms with Crippen molar-refractivity contribution in [3.05, 3.63) is 69.7 Å². The molecule has 0 heterocycles. The van der Waals surface area contributed by atoms with Gasteiger partial charge in [-0.3, -0.25) is 4.79 Å². The smallest absolute Gasteiger partial charge is 0.224 e. The Hall–Kier alpha value is -1.65. The van der Waals surface area contributed by atoms with Crippen molar-refractivity contribution in [2.45, 2.75) is 19.5 Å². The molecule has 0 unspecified atom stereocenters. The standard InChI is InChI=1S/C16H17BrN2O/c17-15-7-3-4-12(8-15)9-16(20)19-11-14-6-2-1-5-13(14)10-18/h1-8H,9-11,18H2,(H,19,20). The average molecular weight is 333 g/mol. The highest BCUT2D eigenvalue weighted by Gasteiger charge is 2.05. The van der Waals surface area contributed by atoms with Gasteiger partial charge >= 0.3 is 0 Å². The lowest BCUT2D eigenvalue weighted by molar-refractivity contribution is -0.120. The van der Waals surface area contributed by atoms with Gasteiger partial charge in [0.15, 0.2) is 0 Å². The fourth-order valence-corrected chi connectivity index (χ4v) is 2.46. The van der Waals surface area contributed by atoms with Gasteiger partial charge in [0.05, 0.1) is 6.42 Å². The first-order chi connectivity index (χ1) is 9.69. The maximum atomic E-state index is 11.9. The summed E-state index contributed by atoms with van der Waals surface area (Å²) in [5.41, 5.74) is 8.80. The SMILES string of the molecule is NCc1ccccc1CNC(=O)Cc1cccc(Br)c1. The molecule has 2 aromatic carbocycles. The van der Waals surface area contributed by atoms with Gasteiger partial charge in [-0.1, -0.05) is 52.3 Å². The molecule has 3 N–H and O–H groups in total. The zero-order valence-electron chi connectivity index (χ0n) is 11.1. The van der Waals surface area contributed by atoms with Crippen molar-refractivity contribution in [1.29, 1.82) is 0 Å². The quantitative estimate of drug-likeness (QED) is 0.884. The molecule has 0 atom stereocenters. The normalized spacial score (nSPS) is 10.3. The van der Waals surface area contributed by atoms with E-state index >= 15 is 0 Å². The zero-order chi connectivity index (χ0) is 14.4. The third-order valence-corrected chi connectivity index (χ3v) is 3.56. The third-order valence-electron chi connectivity index (χ3n) is 3.07. The zero-order valence-corrected chi connectivity index (χ0v) is 12.7. The van der Waals surface area contributed by atoms with Crippen LogP contribution in [0.3, 0.4) is 0 Å². The van der Waals surface area contributed by atoms with Gasteiger partial charge in [-0.25, -0.2) is 0 Å². The summed E-state index contributed by atoms with van der Waals surface area (Å²) < 4.78 is 0.983.